The second-order valence-electron chi connectivity index (χ2n) is 3.53. The van der Waals surface area contributed by atoms with Gasteiger partial charge in [-0.15, -0.1) is 0 Å². The molecule has 0 amide bonds. The van der Waals surface area contributed by atoms with Gasteiger partial charge in [0.15, 0.2) is 5.78 Å². The number of hydrogen-bond acceptors (Lipinski definition) is 2. The van der Waals surface area contributed by atoms with Crippen molar-refractivity contribution >= 4 is 5.78 Å². The first-order valence-electron chi connectivity index (χ1n) is 4.89. The van der Waals surface area contributed by atoms with Gasteiger partial charge >= 0.3 is 0 Å². The zero-order valence-electron chi connectivity index (χ0n) is 8.77. The number of pyridine rings is 1. The summed E-state index contributed by atoms with van der Waals surface area (Å²) in [6.45, 7) is 1.51. The predicted octanol–water partition coefficient (Wildman–Crippen LogP) is 3.09. The molecule has 0 saturated heterocycles. The summed E-state index contributed by atoms with van der Waals surface area (Å²) in [6.07, 6.45) is 2.75. The first kappa shape index (κ1) is 10.5. The number of hydrogen-bond donors (Lipinski definition) is 0. The molecule has 2 aromatic rings. The average molecular weight is 215 g/mol. The first-order valence-corrected chi connectivity index (χ1v) is 4.89. The van der Waals surface area contributed by atoms with E-state index >= 15 is 0 Å². The molecule has 1 aromatic carbocycles. The molecule has 0 bridgehead atoms. The van der Waals surface area contributed by atoms with E-state index in [2.05, 4.69) is 4.98 Å². The molecule has 0 aliphatic rings. The normalized spacial score (nSPS) is 10.1. The lowest BCUT2D eigenvalue weighted by molar-refractivity contribution is 0.101. The molecule has 0 unspecified atom stereocenters. The third kappa shape index (κ3) is 2.14. The van der Waals surface area contributed by atoms with Gasteiger partial charge in [-0.05, 0) is 18.6 Å². The predicted molar refractivity (Wildman–Crippen MR) is 59.6 cm³/mol. The van der Waals surface area contributed by atoms with E-state index in [9.17, 15) is 9.18 Å². The summed E-state index contributed by atoms with van der Waals surface area (Å²) in [7, 11) is 0. The van der Waals surface area contributed by atoms with Gasteiger partial charge in [0, 0.05) is 17.3 Å². The average Bonchev–Trinajstić information content (AvgIpc) is 2.29. The third-order valence-electron chi connectivity index (χ3n) is 2.33. The summed E-state index contributed by atoms with van der Waals surface area (Å²) in [5.41, 5.74) is 2.19. The Bertz CT molecular complexity index is 520. The smallest absolute Gasteiger partial charge is 0.159 e. The number of carbonyl (C=O) groups excluding carboxylic acids is 1. The van der Waals surface area contributed by atoms with Gasteiger partial charge in [-0.1, -0.05) is 24.3 Å². The van der Waals surface area contributed by atoms with E-state index in [-0.39, 0.29) is 11.6 Å². The Balaban J connectivity index is 2.38. The van der Waals surface area contributed by atoms with Crippen LogP contribution >= 0.6 is 0 Å². The molecule has 2 nitrogen and oxygen atoms in total. The molecule has 0 radical (unpaired) electrons. The van der Waals surface area contributed by atoms with Crippen LogP contribution in [0.25, 0.3) is 11.1 Å². The Labute approximate surface area is 92.8 Å². The minimum Gasteiger partial charge on any atom is -0.295 e. The van der Waals surface area contributed by atoms with Crippen molar-refractivity contribution in [2.45, 2.75) is 6.92 Å². The number of benzene rings is 1. The fourth-order valence-electron chi connectivity index (χ4n) is 1.47. The van der Waals surface area contributed by atoms with E-state index in [1.54, 1.807) is 30.5 Å². The molecule has 0 aliphatic heterocycles. The van der Waals surface area contributed by atoms with Crippen molar-refractivity contribution in [2.24, 2.45) is 0 Å². The van der Waals surface area contributed by atoms with E-state index < -0.39 is 0 Å². The molecule has 1 aromatic heterocycles. The summed E-state index contributed by atoms with van der Waals surface area (Å²) in [6, 6.07) is 8.43. The second-order valence-corrected chi connectivity index (χ2v) is 3.53. The van der Waals surface area contributed by atoms with Crippen LogP contribution in [0, 0.1) is 5.82 Å². The third-order valence-corrected chi connectivity index (χ3v) is 2.33. The molecule has 0 fully saturated rings. The highest BCUT2D eigenvalue weighted by molar-refractivity contribution is 5.94. The van der Waals surface area contributed by atoms with Crippen molar-refractivity contribution < 1.29 is 9.18 Å². The Morgan fingerprint density at radius 3 is 2.38 bits per heavy atom. The number of aromatic nitrogens is 1. The Morgan fingerprint density at radius 2 is 1.81 bits per heavy atom. The maximum Gasteiger partial charge on any atom is 0.159 e. The first-order chi connectivity index (χ1) is 7.66. The molecule has 0 N–H and O–H groups in total. The SMILES string of the molecule is CC(=O)c1ccc(-c2cncc(F)c2)cc1. The summed E-state index contributed by atoms with van der Waals surface area (Å²) in [5.74, 6) is -0.350. The van der Waals surface area contributed by atoms with Crippen LogP contribution < -0.4 is 0 Å². The molecule has 0 saturated carbocycles. The van der Waals surface area contributed by atoms with Crippen LogP contribution in [0.2, 0.25) is 0 Å². The number of rotatable bonds is 2. The van der Waals surface area contributed by atoms with Crippen LogP contribution in [0.15, 0.2) is 42.7 Å². The monoisotopic (exact) mass is 215 g/mol. The summed E-state index contributed by atoms with van der Waals surface area (Å²) in [4.78, 5) is 14.9. The Morgan fingerprint density at radius 1 is 1.12 bits per heavy atom. The Kier molecular flexibility index (Phi) is 2.77. The van der Waals surface area contributed by atoms with Gasteiger partial charge in [-0.3, -0.25) is 9.78 Å². The van der Waals surface area contributed by atoms with E-state index in [1.807, 2.05) is 0 Å². The molecule has 0 atom stereocenters. The van der Waals surface area contributed by atoms with Gasteiger partial charge in [0.25, 0.3) is 0 Å². The van der Waals surface area contributed by atoms with Gasteiger partial charge in [-0.25, -0.2) is 4.39 Å². The molecule has 3 heteroatoms. The summed E-state index contributed by atoms with van der Waals surface area (Å²) >= 11 is 0. The van der Waals surface area contributed by atoms with E-state index in [4.69, 9.17) is 0 Å². The van der Waals surface area contributed by atoms with Gasteiger partial charge in [-0.2, -0.15) is 0 Å². The lowest BCUT2D eigenvalue weighted by atomic mass is 10.0. The van der Waals surface area contributed by atoms with E-state index in [1.165, 1.54) is 13.0 Å². The van der Waals surface area contributed by atoms with Crippen molar-refractivity contribution in [2.75, 3.05) is 0 Å². The molecular weight excluding hydrogens is 205 g/mol. The highest BCUT2D eigenvalue weighted by Crippen LogP contribution is 2.19. The number of nitrogens with zero attached hydrogens (tertiary/aromatic N) is 1. The zero-order valence-corrected chi connectivity index (χ0v) is 8.77. The van der Waals surface area contributed by atoms with Crippen LogP contribution in [0.5, 0.6) is 0 Å². The van der Waals surface area contributed by atoms with Gasteiger partial charge < -0.3 is 0 Å². The van der Waals surface area contributed by atoms with Gasteiger partial charge in [0.05, 0.1) is 6.20 Å². The lowest BCUT2D eigenvalue weighted by Gasteiger charge is -2.02. The lowest BCUT2D eigenvalue weighted by Crippen LogP contribution is -1.91. The molecule has 0 spiro atoms. The van der Waals surface area contributed by atoms with E-state index in [0.717, 1.165) is 11.8 Å². The Hall–Kier alpha value is -2.03. The highest BCUT2D eigenvalue weighted by Gasteiger charge is 2.02. The molecule has 1 heterocycles. The number of carbonyl (C=O) groups is 1. The topological polar surface area (TPSA) is 30.0 Å². The number of ketones is 1. The van der Waals surface area contributed by atoms with Crippen LogP contribution in [-0.4, -0.2) is 10.8 Å². The van der Waals surface area contributed by atoms with Crippen molar-refractivity contribution in [3.8, 4) is 11.1 Å². The molecule has 80 valence electrons. The van der Waals surface area contributed by atoms with Gasteiger partial charge in [0.1, 0.15) is 5.82 Å². The number of halogens is 1. The van der Waals surface area contributed by atoms with Crippen molar-refractivity contribution in [1.82, 2.24) is 4.98 Å². The standard InChI is InChI=1S/C13H10FNO/c1-9(16)10-2-4-11(5-3-10)12-6-13(14)8-15-7-12/h2-8H,1H3. The zero-order chi connectivity index (χ0) is 11.5. The summed E-state index contributed by atoms with van der Waals surface area (Å²) in [5, 5.41) is 0. The fraction of sp³-hybridized carbons (Fsp3) is 0.0769. The van der Waals surface area contributed by atoms with Crippen molar-refractivity contribution in [3.63, 3.8) is 0 Å². The molecule has 16 heavy (non-hydrogen) atoms. The van der Waals surface area contributed by atoms with Crippen LogP contribution in [-0.2, 0) is 0 Å². The number of Topliss-reactive ketones (excluding diaryl/α,β-unsaturated/α-hetero) is 1. The van der Waals surface area contributed by atoms with Crippen LogP contribution in [0.1, 0.15) is 17.3 Å². The van der Waals surface area contributed by atoms with Crippen molar-refractivity contribution in [1.29, 1.82) is 0 Å². The summed E-state index contributed by atoms with van der Waals surface area (Å²) < 4.78 is 12.9. The quantitative estimate of drug-likeness (QED) is 0.720. The minimum absolute atomic E-state index is 0.0175. The molecule has 0 aliphatic carbocycles. The minimum atomic E-state index is -0.367. The molecule has 2 rings (SSSR count). The largest absolute Gasteiger partial charge is 0.295 e. The van der Waals surface area contributed by atoms with Crippen molar-refractivity contribution in [3.05, 3.63) is 54.1 Å². The second kappa shape index (κ2) is 4.23. The van der Waals surface area contributed by atoms with Crippen LogP contribution in [0.3, 0.4) is 0 Å². The van der Waals surface area contributed by atoms with Gasteiger partial charge in [0.2, 0.25) is 0 Å². The molecular formula is C13H10FNO. The fourth-order valence-corrected chi connectivity index (χ4v) is 1.47. The van der Waals surface area contributed by atoms with E-state index in [0.29, 0.717) is 11.1 Å². The highest BCUT2D eigenvalue weighted by atomic mass is 19.1. The van der Waals surface area contributed by atoms with Crippen LogP contribution in [0.4, 0.5) is 4.39 Å². The maximum atomic E-state index is 12.9. The maximum absolute atomic E-state index is 12.9.